The molecule has 0 spiro atoms. The smallest absolute Gasteiger partial charge is 0.189 e. The SMILES string of the molecule is COc1ccc(NC(=S)Nc2nc3c(s2)CCCC3)cc1. The predicted octanol–water partition coefficient (Wildman–Crippen LogP) is 3.84. The molecule has 0 aliphatic heterocycles. The van der Waals surface area contributed by atoms with Gasteiger partial charge in [-0.25, -0.2) is 4.98 Å². The number of fused-ring (bicyclic) bond motifs is 1. The number of hydrogen-bond acceptors (Lipinski definition) is 4. The van der Waals surface area contributed by atoms with E-state index in [2.05, 4.69) is 15.6 Å². The van der Waals surface area contributed by atoms with Crippen LogP contribution in [-0.4, -0.2) is 17.2 Å². The van der Waals surface area contributed by atoms with Crippen molar-refractivity contribution in [3.05, 3.63) is 34.8 Å². The number of ether oxygens (including phenoxy) is 1. The molecule has 1 heterocycles. The van der Waals surface area contributed by atoms with E-state index >= 15 is 0 Å². The van der Waals surface area contributed by atoms with Crippen molar-refractivity contribution in [2.45, 2.75) is 25.7 Å². The van der Waals surface area contributed by atoms with E-state index in [1.54, 1.807) is 18.4 Å². The van der Waals surface area contributed by atoms with E-state index in [1.165, 1.54) is 23.4 Å². The molecule has 0 unspecified atom stereocenters. The molecule has 2 aromatic rings. The first-order valence-electron chi connectivity index (χ1n) is 6.95. The molecule has 1 aliphatic rings. The molecule has 0 radical (unpaired) electrons. The van der Waals surface area contributed by atoms with Gasteiger partial charge < -0.3 is 15.4 Å². The molecule has 1 aliphatic carbocycles. The molecule has 6 heteroatoms. The average Bonchev–Trinajstić information content (AvgIpc) is 2.90. The first-order valence-corrected chi connectivity index (χ1v) is 8.18. The van der Waals surface area contributed by atoms with E-state index in [0.29, 0.717) is 5.11 Å². The van der Waals surface area contributed by atoms with E-state index in [4.69, 9.17) is 17.0 Å². The van der Waals surface area contributed by atoms with Gasteiger partial charge in [0, 0.05) is 10.6 Å². The van der Waals surface area contributed by atoms with Gasteiger partial charge in [0.15, 0.2) is 10.2 Å². The zero-order valence-corrected chi connectivity index (χ0v) is 13.4. The quantitative estimate of drug-likeness (QED) is 0.842. The summed E-state index contributed by atoms with van der Waals surface area (Å²) in [7, 11) is 1.65. The van der Waals surface area contributed by atoms with Crippen LogP contribution in [0.3, 0.4) is 0 Å². The fraction of sp³-hybridized carbons (Fsp3) is 0.333. The number of hydrogen-bond donors (Lipinski definition) is 2. The number of aryl methyl sites for hydroxylation is 2. The third kappa shape index (κ3) is 3.51. The van der Waals surface area contributed by atoms with Crippen molar-refractivity contribution in [2.24, 2.45) is 0 Å². The van der Waals surface area contributed by atoms with Crippen molar-refractivity contribution in [2.75, 3.05) is 17.7 Å². The van der Waals surface area contributed by atoms with Gasteiger partial charge in [-0.3, -0.25) is 0 Å². The number of anilines is 2. The van der Waals surface area contributed by atoms with Gasteiger partial charge in [0.2, 0.25) is 0 Å². The summed E-state index contributed by atoms with van der Waals surface area (Å²) in [5, 5.41) is 7.77. The third-order valence-corrected chi connectivity index (χ3v) is 4.69. The number of nitrogens with one attached hydrogen (secondary N) is 2. The first kappa shape index (κ1) is 14.3. The molecule has 2 N–H and O–H groups in total. The van der Waals surface area contributed by atoms with Gasteiger partial charge in [0.1, 0.15) is 5.75 Å². The van der Waals surface area contributed by atoms with Crippen LogP contribution in [0.1, 0.15) is 23.4 Å². The monoisotopic (exact) mass is 319 g/mol. The van der Waals surface area contributed by atoms with E-state index < -0.39 is 0 Å². The molecule has 0 amide bonds. The molecule has 3 rings (SSSR count). The highest BCUT2D eigenvalue weighted by Gasteiger charge is 2.15. The molecule has 0 bridgehead atoms. The Balaban J connectivity index is 1.61. The Morgan fingerprint density at radius 1 is 1.19 bits per heavy atom. The number of benzene rings is 1. The molecule has 0 atom stereocenters. The summed E-state index contributed by atoms with van der Waals surface area (Å²) in [6, 6.07) is 7.65. The molecule has 4 nitrogen and oxygen atoms in total. The second kappa shape index (κ2) is 6.41. The molecule has 0 saturated heterocycles. The fourth-order valence-electron chi connectivity index (χ4n) is 2.34. The van der Waals surface area contributed by atoms with Crippen LogP contribution in [0.4, 0.5) is 10.8 Å². The summed E-state index contributed by atoms with van der Waals surface area (Å²) in [4.78, 5) is 6.02. The third-order valence-electron chi connectivity index (χ3n) is 3.41. The Kier molecular flexibility index (Phi) is 4.36. The maximum atomic E-state index is 5.33. The van der Waals surface area contributed by atoms with Gasteiger partial charge >= 0.3 is 0 Å². The molecular weight excluding hydrogens is 302 g/mol. The van der Waals surface area contributed by atoms with Crippen molar-refractivity contribution in [3.63, 3.8) is 0 Å². The highest BCUT2D eigenvalue weighted by molar-refractivity contribution is 7.80. The van der Waals surface area contributed by atoms with Crippen molar-refractivity contribution < 1.29 is 4.74 Å². The Bertz CT molecular complexity index is 613. The molecule has 1 aromatic heterocycles. The number of thiazole rings is 1. The van der Waals surface area contributed by atoms with Crippen LogP contribution in [0, 0.1) is 0 Å². The van der Waals surface area contributed by atoms with Crippen LogP contribution < -0.4 is 15.4 Å². The zero-order chi connectivity index (χ0) is 14.7. The summed E-state index contributed by atoms with van der Waals surface area (Å²) < 4.78 is 5.13. The topological polar surface area (TPSA) is 46.2 Å². The second-order valence-electron chi connectivity index (χ2n) is 4.90. The van der Waals surface area contributed by atoms with Gasteiger partial charge in [0.25, 0.3) is 0 Å². The van der Waals surface area contributed by atoms with Gasteiger partial charge in [0.05, 0.1) is 12.8 Å². The number of aromatic nitrogens is 1. The van der Waals surface area contributed by atoms with Crippen LogP contribution in [0.15, 0.2) is 24.3 Å². The van der Waals surface area contributed by atoms with Crippen LogP contribution >= 0.6 is 23.6 Å². The highest BCUT2D eigenvalue weighted by Crippen LogP contribution is 2.29. The highest BCUT2D eigenvalue weighted by atomic mass is 32.1. The first-order chi connectivity index (χ1) is 10.2. The Morgan fingerprint density at radius 3 is 2.67 bits per heavy atom. The Hall–Kier alpha value is -1.66. The summed E-state index contributed by atoms with van der Waals surface area (Å²) >= 11 is 7.04. The number of thiocarbonyl (C=S) groups is 1. The van der Waals surface area contributed by atoms with E-state index in [9.17, 15) is 0 Å². The van der Waals surface area contributed by atoms with Gasteiger partial charge in [-0.2, -0.15) is 0 Å². The van der Waals surface area contributed by atoms with E-state index in [0.717, 1.165) is 29.4 Å². The summed E-state index contributed by atoms with van der Waals surface area (Å²) in [6.45, 7) is 0. The van der Waals surface area contributed by atoms with Gasteiger partial charge in [-0.1, -0.05) is 0 Å². The minimum atomic E-state index is 0.561. The van der Waals surface area contributed by atoms with Crippen LogP contribution in [0.2, 0.25) is 0 Å². The summed E-state index contributed by atoms with van der Waals surface area (Å²) in [5.41, 5.74) is 2.16. The van der Waals surface area contributed by atoms with Crippen molar-refractivity contribution in [1.29, 1.82) is 0 Å². The van der Waals surface area contributed by atoms with E-state index in [1.807, 2.05) is 24.3 Å². The minimum absolute atomic E-state index is 0.561. The number of nitrogens with zero attached hydrogens (tertiary/aromatic N) is 1. The lowest BCUT2D eigenvalue weighted by Crippen LogP contribution is -2.18. The summed E-state index contributed by atoms with van der Waals surface area (Å²) in [6.07, 6.45) is 4.74. The standard InChI is InChI=1S/C15H17N3OS2/c1-19-11-8-6-10(7-9-11)16-14(20)18-15-17-12-4-2-3-5-13(12)21-15/h6-9H,2-5H2,1H3,(H2,16,17,18,20). The average molecular weight is 319 g/mol. The lowest BCUT2D eigenvalue weighted by molar-refractivity contribution is 0.415. The molecule has 110 valence electrons. The second-order valence-corrected chi connectivity index (χ2v) is 6.40. The molecule has 21 heavy (non-hydrogen) atoms. The van der Waals surface area contributed by atoms with E-state index in [-0.39, 0.29) is 0 Å². The maximum Gasteiger partial charge on any atom is 0.189 e. The number of methoxy groups -OCH3 is 1. The minimum Gasteiger partial charge on any atom is -0.497 e. The lowest BCUT2D eigenvalue weighted by Gasteiger charge is -2.08. The normalized spacial score (nSPS) is 13.4. The Labute approximate surface area is 133 Å². The summed E-state index contributed by atoms with van der Waals surface area (Å²) in [5.74, 6) is 0.826. The zero-order valence-electron chi connectivity index (χ0n) is 11.8. The molecule has 0 fully saturated rings. The van der Waals surface area contributed by atoms with Crippen LogP contribution in [0.25, 0.3) is 0 Å². The van der Waals surface area contributed by atoms with Crippen LogP contribution in [-0.2, 0) is 12.8 Å². The Morgan fingerprint density at radius 2 is 1.95 bits per heavy atom. The van der Waals surface area contributed by atoms with Crippen molar-refractivity contribution >= 4 is 39.5 Å². The van der Waals surface area contributed by atoms with Crippen LogP contribution in [0.5, 0.6) is 5.75 Å². The molecule has 1 aromatic carbocycles. The number of rotatable bonds is 3. The maximum absolute atomic E-state index is 5.33. The van der Waals surface area contributed by atoms with Gasteiger partial charge in [-0.15, -0.1) is 11.3 Å². The van der Waals surface area contributed by atoms with Crippen molar-refractivity contribution in [3.8, 4) is 5.75 Å². The van der Waals surface area contributed by atoms with Gasteiger partial charge in [-0.05, 0) is 62.2 Å². The predicted molar refractivity (Wildman–Crippen MR) is 91.6 cm³/mol. The molecular formula is C15H17N3OS2. The largest absolute Gasteiger partial charge is 0.497 e. The lowest BCUT2D eigenvalue weighted by atomic mass is 10.0. The fourth-order valence-corrected chi connectivity index (χ4v) is 3.67. The van der Waals surface area contributed by atoms with Crippen molar-refractivity contribution in [1.82, 2.24) is 4.98 Å². The molecule has 0 saturated carbocycles.